The van der Waals surface area contributed by atoms with Crippen LogP contribution < -0.4 is 5.32 Å². The summed E-state index contributed by atoms with van der Waals surface area (Å²) in [6.07, 6.45) is 4.50. The van der Waals surface area contributed by atoms with Crippen molar-refractivity contribution in [1.29, 1.82) is 0 Å². The summed E-state index contributed by atoms with van der Waals surface area (Å²) in [5, 5.41) is 16.2. The molecule has 1 aliphatic rings. The minimum Gasteiger partial charge on any atom is -0.481 e. The highest BCUT2D eigenvalue weighted by Crippen LogP contribution is 2.33. The van der Waals surface area contributed by atoms with Crippen LogP contribution in [0.3, 0.4) is 0 Å². The Labute approximate surface area is 111 Å². The fourth-order valence-corrected chi connectivity index (χ4v) is 2.69. The Kier molecular flexibility index (Phi) is 3.87. The van der Waals surface area contributed by atoms with Crippen molar-refractivity contribution < 1.29 is 14.7 Å². The molecule has 1 aromatic rings. The van der Waals surface area contributed by atoms with Gasteiger partial charge in [-0.1, -0.05) is 13.3 Å². The number of rotatable bonds is 4. The third-order valence-electron chi connectivity index (χ3n) is 3.67. The molecule has 0 aliphatic heterocycles. The van der Waals surface area contributed by atoms with Crippen molar-refractivity contribution in [2.75, 3.05) is 5.32 Å². The molecule has 6 heteroatoms. The van der Waals surface area contributed by atoms with Crippen LogP contribution in [0.1, 0.15) is 31.9 Å². The lowest BCUT2D eigenvalue weighted by Crippen LogP contribution is -2.30. The molecule has 19 heavy (non-hydrogen) atoms. The second-order valence-corrected chi connectivity index (χ2v) is 4.99. The number of aromatic nitrogens is 2. The average molecular weight is 265 g/mol. The van der Waals surface area contributed by atoms with Gasteiger partial charge in [-0.2, -0.15) is 5.10 Å². The van der Waals surface area contributed by atoms with Gasteiger partial charge in [0.2, 0.25) is 5.91 Å². The van der Waals surface area contributed by atoms with Crippen LogP contribution in [-0.2, 0) is 23.1 Å². The van der Waals surface area contributed by atoms with Crippen molar-refractivity contribution >= 4 is 17.6 Å². The van der Waals surface area contributed by atoms with Crippen LogP contribution in [0.25, 0.3) is 0 Å². The normalized spacial score (nSPS) is 22.4. The van der Waals surface area contributed by atoms with E-state index in [9.17, 15) is 9.59 Å². The maximum Gasteiger partial charge on any atom is 0.307 e. The molecular formula is C13H19N3O3. The van der Waals surface area contributed by atoms with Crippen molar-refractivity contribution in [3.05, 3.63) is 11.9 Å². The van der Waals surface area contributed by atoms with Crippen LogP contribution in [0, 0.1) is 11.8 Å². The number of nitrogens with one attached hydrogen (secondary N) is 1. The van der Waals surface area contributed by atoms with Gasteiger partial charge >= 0.3 is 5.97 Å². The lowest BCUT2D eigenvalue weighted by atomic mass is 9.95. The van der Waals surface area contributed by atoms with Gasteiger partial charge in [0.15, 0.2) is 0 Å². The number of aliphatic carboxylic acids is 1. The topological polar surface area (TPSA) is 84.2 Å². The molecule has 1 aliphatic carbocycles. The maximum absolute atomic E-state index is 12.2. The summed E-state index contributed by atoms with van der Waals surface area (Å²) in [4.78, 5) is 23.3. The molecule has 104 valence electrons. The fourth-order valence-electron chi connectivity index (χ4n) is 2.69. The Hall–Kier alpha value is -1.85. The van der Waals surface area contributed by atoms with Crippen molar-refractivity contribution in [1.82, 2.24) is 9.78 Å². The lowest BCUT2D eigenvalue weighted by molar-refractivity contribution is -0.145. The summed E-state index contributed by atoms with van der Waals surface area (Å²) in [5.74, 6) is -2.06. The molecule has 1 heterocycles. The summed E-state index contributed by atoms with van der Waals surface area (Å²) in [6, 6.07) is 0. The van der Waals surface area contributed by atoms with Gasteiger partial charge in [-0.3, -0.25) is 14.3 Å². The monoisotopic (exact) mass is 265 g/mol. The molecule has 1 fully saturated rings. The van der Waals surface area contributed by atoms with E-state index in [0.717, 1.165) is 18.5 Å². The second kappa shape index (κ2) is 5.42. The maximum atomic E-state index is 12.2. The van der Waals surface area contributed by atoms with E-state index in [0.29, 0.717) is 18.5 Å². The van der Waals surface area contributed by atoms with Gasteiger partial charge in [-0.15, -0.1) is 0 Å². The van der Waals surface area contributed by atoms with Gasteiger partial charge in [0.05, 0.1) is 23.2 Å². The molecule has 1 saturated carbocycles. The molecule has 2 N–H and O–H groups in total. The first-order valence-electron chi connectivity index (χ1n) is 6.59. The van der Waals surface area contributed by atoms with Crippen LogP contribution in [0.4, 0.5) is 5.69 Å². The van der Waals surface area contributed by atoms with E-state index < -0.39 is 17.8 Å². The number of carboxylic acids is 1. The molecule has 0 aromatic carbocycles. The van der Waals surface area contributed by atoms with Crippen LogP contribution in [0.2, 0.25) is 0 Å². The van der Waals surface area contributed by atoms with Gasteiger partial charge in [0, 0.05) is 13.2 Å². The van der Waals surface area contributed by atoms with E-state index in [1.807, 2.05) is 6.92 Å². The van der Waals surface area contributed by atoms with E-state index in [4.69, 9.17) is 5.11 Å². The zero-order chi connectivity index (χ0) is 14.0. The Morgan fingerprint density at radius 2 is 2.16 bits per heavy atom. The highest BCUT2D eigenvalue weighted by atomic mass is 16.4. The predicted octanol–water partition coefficient (Wildman–Crippen LogP) is 1.42. The molecule has 0 bridgehead atoms. The van der Waals surface area contributed by atoms with Gasteiger partial charge in [0.25, 0.3) is 0 Å². The number of aryl methyl sites for hydroxylation is 2. The van der Waals surface area contributed by atoms with Crippen molar-refractivity contribution in [2.45, 2.75) is 32.6 Å². The van der Waals surface area contributed by atoms with Crippen molar-refractivity contribution in [3.8, 4) is 0 Å². The van der Waals surface area contributed by atoms with E-state index in [-0.39, 0.29) is 5.91 Å². The number of hydrogen-bond donors (Lipinski definition) is 2. The minimum absolute atomic E-state index is 0.201. The summed E-state index contributed by atoms with van der Waals surface area (Å²) >= 11 is 0. The Morgan fingerprint density at radius 1 is 1.47 bits per heavy atom. The average Bonchev–Trinajstić information content (AvgIpc) is 2.95. The first kappa shape index (κ1) is 13.6. The molecule has 2 rings (SSSR count). The highest BCUT2D eigenvalue weighted by Gasteiger charge is 2.37. The fraction of sp³-hybridized carbons (Fsp3) is 0.615. The van der Waals surface area contributed by atoms with Gasteiger partial charge in [0.1, 0.15) is 0 Å². The number of nitrogens with zero attached hydrogens (tertiary/aromatic N) is 2. The number of amides is 1. The lowest BCUT2D eigenvalue weighted by Gasteiger charge is -2.15. The third kappa shape index (κ3) is 2.77. The molecule has 0 spiro atoms. The molecular weight excluding hydrogens is 246 g/mol. The van der Waals surface area contributed by atoms with Gasteiger partial charge in [-0.05, 0) is 19.3 Å². The summed E-state index contributed by atoms with van der Waals surface area (Å²) in [6.45, 7) is 1.97. The predicted molar refractivity (Wildman–Crippen MR) is 69.7 cm³/mol. The Bertz CT molecular complexity index is 495. The molecule has 0 saturated heterocycles. The zero-order valence-corrected chi connectivity index (χ0v) is 11.2. The standard InChI is InChI=1S/C13H19N3O3/c1-3-10-11(7-16(2)15-10)14-12(17)8-5-4-6-9(8)13(18)19/h7-9H,3-6H2,1-2H3,(H,14,17)(H,18,19)/t8-,9+/m1/s1. The van der Waals surface area contributed by atoms with Gasteiger partial charge in [-0.25, -0.2) is 0 Å². The highest BCUT2D eigenvalue weighted by molar-refractivity contribution is 5.95. The number of carboxylic acid groups (broad SMARTS) is 1. The summed E-state index contributed by atoms with van der Waals surface area (Å²) in [7, 11) is 1.80. The second-order valence-electron chi connectivity index (χ2n) is 4.99. The van der Waals surface area contributed by atoms with Crippen molar-refractivity contribution in [2.24, 2.45) is 18.9 Å². The zero-order valence-electron chi connectivity index (χ0n) is 11.2. The van der Waals surface area contributed by atoms with E-state index in [1.54, 1.807) is 17.9 Å². The smallest absolute Gasteiger partial charge is 0.307 e. The largest absolute Gasteiger partial charge is 0.481 e. The van der Waals surface area contributed by atoms with Crippen LogP contribution in [0.5, 0.6) is 0 Å². The first-order valence-corrected chi connectivity index (χ1v) is 6.59. The number of carbonyl (C=O) groups is 2. The van der Waals surface area contributed by atoms with E-state index in [1.165, 1.54) is 0 Å². The Balaban J connectivity index is 2.10. The third-order valence-corrected chi connectivity index (χ3v) is 3.67. The molecule has 1 amide bonds. The van der Waals surface area contributed by atoms with Crippen LogP contribution in [-0.4, -0.2) is 26.8 Å². The molecule has 0 unspecified atom stereocenters. The van der Waals surface area contributed by atoms with Crippen LogP contribution >= 0.6 is 0 Å². The molecule has 2 atom stereocenters. The number of hydrogen-bond acceptors (Lipinski definition) is 3. The molecule has 6 nitrogen and oxygen atoms in total. The number of carbonyl (C=O) groups excluding carboxylic acids is 1. The minimum atomic E-state index is -0.875. The summed E-state index contributed by atoms with van der Waals surface area (Å²) < 4.78 is 1.65. The SMILES string of the molecule is CCc1nn(C)cc1NC(=O)[C@@H]1CCC[C@@H]1C(=O)O. The van der Waals surface area contributed by atoms with E-state index >= 15 is 0 Å². The van der Waals surface area contributed by atoms with Gasteiger partial charge < -0.3 is 10.4 Å². The first-order chi connectivity index (χ1) is 9.02. The van der Waals surface area contributed by atoms with Crippen LogP contribution in [0.15, 0.2) is 6.20 Å². The summed E-state index contributed by atoms with van der Waals surface area (Å²) in [5.41, 5.74) is 1.51. The molecule has 1 aromatic heterocycles. The molecule has 0 radical (unpaired) electrons. The number of anilines is 1. The van der Waals surface area contributed by atoms with E-state index in [2.05, 4.69) is 10.4 Å². The Morgan fingerprint density at radius 3 is 2.79 bits per heavy atom. The quantitative estimate of drug-likeness (QED) is 0.862. The van der Waals surface area contributed by atoms with Crippen molar-refractivity contribution in [3.63, 3.8) is 0 Å².